The number of carboxylic acids is 1. The molecule has 1 rings (SSSR count). The second-order valence-electron chi connectivity index (χ2n) is 4.54. The van der Waals surface area contributed by atoms with Gasteiger partial charge in [0.05, 0.1) is 19.4 Å². The van der Waals surface area contributed by atoms with Crippen LogP contribution in [0, 0.1) is 5.92 Å². The molecular formula is C14H19NO4. The van der Waals surface area contributed by atoms with E-state index in [1.807, 2.05) is 12.1 Å². The third-order valence-corrected chi connectivity index (χ3v) is 2.91. The number of carboxylic acid groups (broad SMARTS) is 1. The number of amides is 1. The van der Waals surface area contributed by atoms with Gasteiger partial charge in [0.2, 0.25) is 5.91 Å². The maximum Gasteiger partial charge on any atom is 0.308 e. The first kappa shape index (κ1) is 15.0. The maximum absolute atomic E-state index is 11.9. The Kier molecular flexibility index (Phi) is 5.36. The van der Waals surface area contributed by atoms with E-state index in [9.17, 15) is 9.59 Å². The summed E-state index contributed by atoms with van der Waals surface area (Å²) in [5.74, 6) is -0.823. The third kappa shape index (κ3) is 4.62. The number of rotatable bonds is 6. The number of ether oxygens (including phenoxy) is 1. The molecule has 1 aromatic rings. The van der Waals surface area contributed by atoms with Gasteiger partial charge in [0.15, 0.2) is 0 Å². The number of nitrogens with zero attached hydrogens (tertiary/aromatic N) is 1. The van der Waals surface area contributed by atoms with Gasteiger partial charge in [-0.25, -0.2) is 0 Å². The van der Waals surface area contributed by atoms with Crippen LogP contribution in [0.1, 0.15) is 12.5 Å². The first-order valence-corrected chi connectivity index (χ1v) is 6.03. The molecule has 0 aliphatic carbocycles. The summed E-state index contributed by atoms with van der Waals surface area (Å²) in [5.41, 5.74) is 0.876. The zero-order chi connectivity index (χ0) is 14.4. The van der Waals surface area contributed by atoms with Gasteiger partial charge < -0.3 is 14.7 Å². The van der Waals surface area contributed by atoms with Crippen molar-refractivity contribution in [1.29, 1.82) is 0 Å². The largest absolute Gasteiger partial charge is 0.497 e. The Morgan fingerprint density at radius 3 is 2.37 bits per heavy atom. The molecule has 104 valence electrons. The zero-order valence-corrected chi connectivity index (χ0v) is 11.4. The van der Waals surface area contributed by atoms with E-state index in [0.29, 0.717) is 0 Å². The van der Waals surface area contributed by atoms with Crippen LogP contribution in [0.15, 0.2) is 24.3 Å². The summed E-state index contributed by atoms with van der Waals surface area (Å²) in [5, 5.41) is 8.81. The predicted octanol–water partition coefficient (Wildman–Crippen LogP) is 1.42. The lowest BCUT2D eigenvalue weighted by Crippen LogP contribution is -2.34. The molecule has 5 nitrogen and oxygen atoms in total. The summed E-state index contributed by atoms with van der Waals surface area (Å²) in [6.45, 7) is 1.80. The molecule has 0 saturated carbocycles. The first-order valence-electron chi connectivity index (χ1n) is 6.03. The van der Waals surface area contributed by atoms with E-state index in [4.69, 9.17) is 9.84 Å². The molecule has 19 heavy (non-hydrogen) atoms. The SMILES string of the molecule is COc1ccc(CC(=O)N(C)CC(C)C(=O)O)cc1. The van der Waals surface area contributed by atoms with Crippen molar-refractivity contribution in [2.45, 2.75) is 13.3 Å². The van der Waals surface area contributed by atoms with E-state index in [1.54, 1.807) is 33.2 Å². The highest BCUT2D eigenvalue weighted by Crippen LogP contribution is 2.12. The summed E-state index contributed by atoms with van der Waals surface area (Å²) in [4.78, 5) is 24.1. The Labute approximate surface area is 112 Å². The van der Waals surface area contributed by atoms with Crippen molar-refractivity contribution in [2.75, 3.05) is 20.7 Å². The van der Waals surface area contributed by atoms with Crippen LogP contribution in [-0.4, -0.2) is 42.6 Å². The van der Waals surface area contributed by atoms with Crippen LogP contribution in [0.3, 0.4) is 0 Å². The fourth-order valence-electron chi connectivity index (χ4n) is 1.64. The molecule has 1 N–H and O–H groups in total. The van der Waals surface area contributed by atoms with Gasteiger partial charge in [0.1, 0.15) is 5.75 Å². The molecular weight excluding hydrogens is 246 g/mol. The topological polar surface area (TPSA) is 66.8 Å². The fraction of sp³-hybridized carbons (Fsp3) is 0.429. The van der Waals surface area contributed by atoms with Crippen molar-refractivity contribution in [3.63, 3.8) is 0 Å². The minimum Gasteiger partial charge on any atom is -0.497 e. The molecule has 0 spiro atoms. The number of methoxy groups -OCH3 is 1. The molecule has 0 fully saturated rings. The number of aliphatic carboxylic acids is 1. The number of hydrogen-bond acceptors (Lipinski definition) is 3. The summed E-state index contributed by atoms with van der Waals surface area (Å²) >= 11 is 0. The highest BCUT2D eigenvalue weighted by atomic mass is 16.5. The quantitative estimate of drug-likeness (QED) is 0.844. The monoisotopic (exact) mass is 265 g/mol. The Hall–Kier alpha value is -2.04. The molecule has 0 aromatic heterocycles. The van der Waals surface area contributed by atoms with Gasteiger partial charge in [-0.3, -0.25) is 9.59 Å². The molecule has 1 amide bonds. The highest BCUT2D eigenvalue weighted by Gasteiger charge is 2.17. The van der Waals surface area contributed by atoms with Crippen molar-refractivity contribution in [2.24, 2.45) is 5.92 Å². The normalized spacial score (nSPS) is 11.7. The van der Waals surface area contributed by atoms with E-state index in [-0.39, 0.29) is 18.9 Å². The minimum atomic E-state index is -0.899. The van der Waals surface area contributed by atoms with Gasteiger partial charge in [-0.2, -0.15) is 0 Å². The fourth-order valence-corrected chi connectivity index (χ4v) is 1.64. The Bertz CT molecular complexity index is 441. The van der Waals surface area contributed by atoms with Gasteiger partial charge in [-0.05, 0) is 17.7 Å². The number of benzene rings is 1. The summed E-state index contributed by atoms with van der Waals surface area (Å²) in [6.07, 6.45) is 0.257. The van der Waals surface area contributed by atoms with Gasteiger partial charge in [-0.1, -0.05) is 19.1 Å². The molecule has 0 saturated heterocycles. The maximum atomic E-state index is 11.9. The van der Waals surface area contributed by atoms with Crippen LogP contribution in [-0.2, 0) is 16.0 Å². The van der Waals surface area contributed by atoms with Crippen LogP contribution >= 0.6 is 0 Å². The van der Waals surface area contributed by atoms with Crippen molar-refractivity contribution in [3.05, 3.63) is 29.8 Å². The Morgan fingerprint density at radius 2 is 1.89 bits per heavy atom. The van der Waals surface area contributed by atoms with Crippen LogP contribution in [0.4, 0.5) is 0 Å². The second kappa shape index (κ2) is 6.78. The molecule has 0 aliphatic heterocycles. The van der Waals surface area contributed by atoms with Crippen molar-refractivity contribution in [1.82, 2.24) is 4.90 Å². The Morgan fingerprint density at radius 1 is 1.32 bits per heavy atom. The lowest BCUT2D eigenvalue weighted by Gasteiger charge is -2.19. The van der Waals surface area contributed by atoms with Gasteiger partial charge >= 0.3 is 5.97 Å². The smallest absolute Gasteiger partial charge is 0.308 e. The van der Waals surface area contributed by atoms with Crippen LogP contribution in [0.25, 0.3) is 0 Å². The number of hydrogen-bond donors (Lipinski definition) is 1. The van der Waals surface area contributed by atoms with E-state index in [1.165, 1.54) is 4.90 Å². The molecule has 1 unspecified atom stereocenters. The van der Waals surface area contributed by atoms with Crippen LogP contribution in [0.5, 0.6) is 5.75 Å². The van der Waals surface area contributed by atoms with Crippen molar-refractivity contribution >= 4 is 11.9 Å². The molecule has 0 heterocycles. The number of carbonyl (C=O) groups is 2. The van der Waals surface area contributed by atoms with Crippen LogP contribution < -0.4 is 4.74 Å². The third-order valence-electron chi connectivity index (χ3n) is 2.91. The van der Waals surface area contributed by atoms with E-state index >= 15 is 0 Å². The Balaban J connectivity index is 2.55. The van der Waals surface area contributed by atoms with Gasteiger partial charge in [0.25, 0.3) is 0 Å². The molecule has 1 aromatic carbocycles. The average Bonchev–Trinajstić information content (AvgIpc) is 2.39. The molecule has 0 bridgehead atoms. The predicted molar refractivity (Wildman–Crippen MR) is 71.1 cm³/mol. The van der Waals surface area contributed by atoms with Crippen LogP contribution in [0.2, 0.25) is 0 Å². The summed E-state index contributed by atoms with van der Waals surface area (Å²) in [6, 6.07) is 7.24. The zero-order valence-electron chi connectivity index (χ0n) is 11.4. The highest BCUT2D eigenvalue weighted by molar-refractivity contribution is 5.79. The van der Waals surface area contributed by atoms with E-state index < -0.39 is 11.9 Å². The van der Waals surface area contributed by atoms with E-state index in [0.717, 1.165) is 11.3 Å². The molecule has 1 atom stereocenters. The number of carbonyl (C=O) groups excluding carboxylic acids is 1. The number of likely N-dealkylation sites (N-methyl/N-ethyl adjacent to an activating group) is 1. The minimum absolute atomic E-state index is 0.0988. The molecule has 0 aliphatic rings. The second-order valence-corrected chi connectivity index (χ2v) is 4.54. The average molecular weight is 265 g/mol. The first-order chi connectivity index (χ1) is 8.93. The lowest BCUT2D eigenvalue weighted by molar-refractivity contribution is -0.142. The standard InChI is InChI=1S/C14H19NO4/c1-10(14(17)18)9-15(2)13(16)8-11-4-6-12(19-3)7-5-11/h4-7,10H,8-9H2,1-3H3,(H,17,18). The summed E-state index contributed by atoms with van der Waals surface area (Å²) in [7, 11) is 3.20. The van der Waals surface area contributed by atoms with E-state index in [2.05, 4.69) is 0 Å². The van der Waals surface area contributed by atoms with Gasteiger partial charge in [0, 0.05) is 13.6 Å². The van der Waals surface area contributed by atoms with Crippen molar-refractivity contribution in [3.8, 4) is 5.75 Å². The summed E-state index contributed by atoms with van der Waals surface area (Å²) < 4.78 is 5.04. The molecule has 0 radical (unpaired) electrons. The van der Waals surface area contributed by atoms with Gasteiger partial charge in [-0.15, -0.1) is 0 Å². The van der Waals surface area contributed by atoms with Crippen molar-refractivity contribution < 1.29 is 19.4 Å². The lowest BCUT2D eigenvalue weighted by atomic mass is 10.1. The molecule has 5 heteroatoms.